The van der Waals surface area contributed by atoms with Gasteiger partial charge in [0, 0.05) is 18.4 Å². The van der Waals surface area contributed by atoms with Crippen LogP contribution in [0.3, 0.4) is 0 Å². The largest absolute Gasteiger partial charge is 0.341 e. The van der Waals surface area contributed by atoms with Gasteiger partial charge in [-0.2, -0.15) is 5.10 Å². The average Bonchev–Trinajstić information content (AvgIpc) is 2.81. The maximum atomic E-state index is 12.2. The van der Waals surface area contributed by atoms with Crippen molar-refractivity contribution in [2.45, 2.75) is 20.4 Å². The molecule has 1 aromatic carbocycles. The van der Waals surface area contributed by atoms with Crippen LogP contribution in [0.5, 0.6) is 0 Å². The van der Waals surface area contributed by atoms with E-state index in [0.29, 0.717) is 17.1 Å². The van der Waals surface area contributed by atoms with Gasteiger partial charge in [0.15, 0.2) is 0 Å². The van der Waals surface area contributed by atoms with Gasteiger partial charge in [-0.3, -0.25) is 19.6 Å². The Hall–Kier alpha value is -3.43. The van der Waals surface area contributed by atoms with E-state index in [4.69, 9.17) is 0 Å². The van der Waals surface area contributed by atoms with Gasteiger partial charge in [0.2, 0.25) is 5.91 Å². The third-order valence-electron chi connectivity index (χ3n) is 3.45. The molecular formula is C15H18N6O4. The lowest BCUT2D eigenvalue weighted by Crippen LogP contribution is -2.24. The van der Waals surface area contributed by atoms with Crippen LogP contribution in [-0.4, -0.2) is 33.7 Å². The van der Waals surface area contributed by atoms with Crippen LogP contribution in [0.25, 0.3) is 0 Å². The second kappa shape index (κ2) is 7.43. The fourth-order valence-corrected chi connectivity index (χ4v) is 2.31. The number of rotatable bonds is 5. The summed E-state index contributed by atoms with van der Waals surface area (Å²) >= 11 is 0. The topological polar surface area (TPSA) is 131 Å². The van der Waals surface area contributed by atoms with E-state index < -0.39 is 10.8 Å². The van der Waals surface area contributed by atoms with Crippen molar-refractivity contribution in [3.8, 4) is 0 Å². The number of hydrogen-bond donors (Lipinski definition) is 3. The van der Waals surface area contributed by atoms with Crippen LogP contribution >= 0.6 is 0 Å². The molecule has 3 N–H and O–H groups in total. The van der Waals surface area contributed by atoms with Gasteiger partial charge < -0.3 is 16.0 Å². The number of nitro groups is 1. The van der Waals surface area contributed by atoms with Crippen LogP contribution in [0.1, 0.15) is 11.4 Å². The number of urea groups is 1. The molecule has 0 unspecified atom stereocenters. The van der Waals surface area contributed by atoms with Gasteiger partial charge in [0.25, 0.3) is 0 Å². The van der Waals surface area contributed by atoms with E-state index >= 15 is 0 Å². The SMILES string of the molecule is CNC(=O)Nc1cccc(NC(=O)Cn2nc(C)c([N+](=O)[O-])c2C)c1. The normalized spacial score (nSPS) is 10.2. The molecule has 0 radical (unpaired) electrons. The van der Waals surface area contributed by atoms with E-state index in [1.54, 1.807) is 31.2 Å². The zero-order valence-corrected chi connectivity index (χ0v) is 14.0. The van der Waals surface area contributed by atoms with E-state index in [-0.39, 0.29) is 24.0 Å². The Kier molecular flexibility index (Phi) is 5.32. The highest BCUT2D eigenvalue weighted by atomic mass is 16.6. The summed E-state index contributed by atoms with van der Waals surface area (Å²) in [6, 6.07) is 6.23. The number of hydrogen-bond acceptors (Lipinski definition) is 5. The minimum absolute atomic E-state index is 0.0930. The minimum atomic E-state index is -0.514. The number of aromatic nitrogens is 2. The van der Waals surface area contributed by atoms with Crippen molar-refractivity contribution in [1.82, 2.24) is 15.1 Å². The van der Waals surface area contributed by atoms with E-state index in [1.165, 1.54) is 18.7 Å². The summed E-state index contributed by atoms with van der Waals surface area (Å²) in [7, 11) is 1.49. The molecule has 1 aromatic heterocycles. The maximum absolute atomic E-state index is 12.2. The zero-order chi connectivity index (χ0) is 18.6. The van der Waals surface area contributed by atoms with Gasteiger partial charge in [-0.25, -0.2) is 4.79 Å². The van der Waals surface area contributed by atoms with Gasteiger partial charge in [0.05, 0.1) is 4.92 Å². The molecule has 25 heavy (non-hydrogen) atoms. The molecule has 0 fully saturated rings. The van der Waals surface area contributed by atoms with Crippen molar-refractivity contribution >= 4 is 29.0 Å². The lowest BCUT2D eigenvalue weighted by Gasteiger charge is -2.09. The van der Waals surface area contributed by atoms with Crippen molar-refractivity contribution < 1.29 is 14.5 Å². The van der Waals surface area contributed by atoms with Gasteiger partial charge >= 0.3 is 11.7 Å². The number of carbonyl (C=O) groups is 2. The molecule has 0 saturated carbocycles. The molecule has 3 amide bonds. The smallest absolute Gasteiger partial charge is 0.318 e. The Balaban J connectivity index is 2.08. The van der Waals surface area contributed by atoms with Crippen LogP contribution < -0.4 is 16.0 Å². The monoisotopic (exact) mass is 346 g/mol. The van der Waals surface area contributed by atoms with Crippen LogP contribution in [0, 0.1) is 24.0 Å². The number of aryl methyl sites for hydroxylation is 1. The number of nitrogens with one attached hydrogen (secondary N) is 3. The van der Waals surface area contributed by atoms with Crippen molar-refractivity contribution in [1.29, 1.82) is 0 Å². The first-order chi connectivity index (χ1) is 11.8. The zero-order valence-electron chi connectivity index (χ0n) is 14.0. The Morgan fingerprint density at radius 3 is 2.44 bits per heavy atom. The molecule has 2 aromatic rings. The molecule has 0 aliphatic rings. The molecule has 0 atom stereocenters. The highest BCUT2D eigenvalue weighted by Crippen LogP contribution is 2.22. The van der Waals surface area contributed by atoms with Crippen molar-refractivity contribution in [3.63, 3.8) is 0 Å². The van der Waals surface area contributed by atoms with E-state index in [1.807, 2.05) is 0 Å². The van der Waals surface area contributed by atoms with E-state index in [0.717, 1.165) is 0 Å². The molecule has 0 spiro atoms. The second-order valence-corrected chi connectivity index (χ2v) is 5.27. The van der Waals surface area contributed by atoms with Gasteiger partial charge in [-0.15, -0.1) is 0 Å². The molecule has 10 nitrogen and oxygen atoms in total. The first-order valence-electron chi connectivity index (χ1n) is 7.39. The molecule has 10 heteroatoms. The molecule has 1 heterocycles. The lowest BCUT2D eigenvalue weighted by molar-refractivity contribution is -0.386. The highest BCUT2D eigenvalue weighted by molar-refractivity contribution is 5.93. The highest BCUT2D eigenvalue weighted by Gasteiger charge is 2.22. The third-order valence-corrected chi connectivity index (χ3v) is 3.45. The third kappa shape index (κ3) is 4.31. The Morgan fingerprint density at radius 2 is 1.88 bits per heavy atom. The first kappa shape index (κ1) is 17.9. The average molecular weight is 346 g/mol. The number of nitrogens with zero attached hydrogens (tertiary/aromatic N) is 3. The van der Waals surface area contributed by atoms with Crippen molar-refractivity contribution in [3.05, 3.63) is 45.8 Å². The van der Waals surface area contributed by atoms with Gasteiger partial charge in [0.1, 0.15) is 17.9 Å². The number of carbonyl (C=O) groups excluding carboxylic acids is 2. The second-order valence-electron chi connectivity index (χ2n) is 5.27. The van der Waals surface area contributed by atoms with E-state index in [9.17, 15) is 19.7 Å². The lowest BCUT2D eigenvalue weighted by atomic mass is 10.2. The number of benzene rings is 1. The first-order valence-corrected chi connectivity index (χ1v) is 7.39. The summed E-state index contributed by atoms with van der Waals surface area (Å²) in [5, 5.41) is 22.7. The fourth-order valence-electron chi connectivity index (χ4n) is 2.31. The maximum Gasteiger partial charge on any atom is 0.318 e. The predicted octanol–water partition coefficient (Wildman–Crippen LogP) is 1.80. The molecule has 0 saturated heterocycles. The predicted molar refractivity (Wildman–Crippen MR) is 91.5 cm³/mol. The summed E-state index contributed by atoms with van der Waals surface area (Å²) in [6.07, 6.45) is 0. The molecular weight excluding hydrogens is 328 g/mol. The van der Waals surface area contributed by atoms with Crippen LogP contribution in [0.4, 0.5) is 21.9 Å². The standard InChI is InChI=1S/C15H18N6O4/c1-9-14(21(24)25)10(2)20(19-9)8-13(22)17-11-5-4-6-12(7-11)18-15(23)16-3/h4-7H,8H2,1-3H3,(H,17,22)(H2,16,18,23). The summed E-state index contributed by atoms with van der Waals surface area (Å²) in [6.45, 7) is 2.90. The van der Waals surface area contributed by atoms with Gasteiger partial charge in [-0.1, -0.05) is 6.07 Å². The fraction of sp³-hybridized carbons (Fsp3) is 0.267. The number of anilines is 2. The van der Waals surface area contributed by atoms with Crippen molar-refractivity contribution in [2.75, 3.05) is 17.7 Å². The molecule has 132 valence electrons. The van der Waals surface area contributed by atoms with Crippen molar-refractivity contribution in [2.24, 2.45) is 0 Å². The molecule has 2 rings (SSSR count). The van der Waals surface area contributed by atoms with E-state index in [2.05, 4.69) is 21.0 Å². The van der Waals surface area contributed by atoms with Gasteiger partial charge in [-0.05, 0) is 32.0 Å². The molecule has 0 bridgehead atoms. The summed E-state index contributed by atoms with van der Waals surface area (Å²) in [5.41, 5.74) is 1.47. The quantitative estimate of drug-likeness (QED) is 0.561. The summed E-state index contributed by atoms with van der Waals surface area (Å²) in [4.78, 5) is 34.0. The summed E-state index contributed by atoms with van der Waals surface area (Å²) in [5.74, 6) is -0.391. The molecule has 0 aliphatic heterocycles. The Morgan fingerprint density at radius 1 is 1.24 bits per heavy atom. The van der Waals surface area contributed by atoms with Crippen LogP contribution in [-0.2, 0) is 11.3 Å². The Labute approximate surface area is 143 Å². The van der Waals surface area contributed by atoms with Crippen LogP contribution in [0.2, 0.25) is 0 Å². The van der Waals surface area contributed by atoms with Crippen LogP contribution in [0.15, 0.2) is 24.3 Å². The molecule has 0 aliphatic carbocycles. The number of amides is 3. The Bertz CT molecular complexity index is 829. The summed E-state index contributed by atoms with van der Waals surface area (Å²) < 4.78 is 1.29. The minimum Gasteiger partial charge on any atom is -0.341 e.